The lowest BCUT2D eigenvalue weighted by atomic mass is 10.0. The minimum absolute atomic E-state index is 0.0666. The number of aliphatic hydroxyl groups is 1. The SMILES string of the molecule is CCCCCCCCCCCCCCCCCO.Cc1ccc(S(=O)(=O)O)cc1. The van der Waals surface area contributed by atoms with Gasteiger partial charge in [0.15, 0.2) is 0 Å². The van der Waals surface area contributed by atoms with Gasteiger partial charge in [0.05, 0.1) is 4.90 Å². The number of unbranched alkanes of at least 4 members (excludes halogenated alkanes) is 14. The van der Waals surface area contributed by atoms with E-state index in [0.717, 1.165) is 12.0 Å². The second-order valence-corrected chi connectivity index (χ2v) is 9.38. The van der Waals surface area contributed by atoms with E-state index in [1.807, 2.05) is 6.92 Å². The average molecular weight is 429 g/mol. The first-order valence-corrected chi connectivity index (χ1v) is 13.0. The van der Waals surface area contributed by atoms with Gasteiger partial charge in [-0.25, -0.2) is 0 Å². The molecule has 1 rings (SSSR count). The van der Waals surface area contributed by atoms with Crippen LogP contribution in [0, 0.1) is 6.92 Å². The smallest absolute Gasteiger partial charge is 0.294 e. The Morgan fingerprint density at radius 1 is 0.655 bits per heavy atom. The van der Waals surface area contributed by atoms with Gasteiger partial charge in [0.2, 0.25) is 0 Å². The normalized spacial score (nSPS) is 11.2. The first kappa shape index (κ1) is 28.1. The quantitative estimate of drug-likeness (QED) is 0.218. The van der Waals surface area contributed by atoms with Crippen molar-refractivity contribution in [3.8, 4) is 0 Å². The van der Waals surface area contributed by atoms with Gasteiger partial charge in [-0.15, -0.1) is 0 Å². The van der Waals surface area contributed by atoms with E-state index in [4.69, 9.17) is 9.66 Å². The zero-order valence-corrected chi connectivity index (χ0v) is 19.6. The number of benzene rings is 1. The Bertz CT molecular complexity index is 551. The van der Waals surface area contributed by atoms with Crippen molar-refractivity contribution >= 4 is 10.1 Å². The first-order valence-electron chi connectivity index (χ1n) is 11.6. The van der Waals surface area contributed by atoms with Crippen LogP contribution in [0.1, 0.15) is 109 Å². The fourth-order valence-corrected chi connectivity index (χ4v) is 3.67. The van der Waals surface area contributed by atoms with Crippen molar-refractivity contribution in [3.63, 3.8) is 0 Å². The van der Waals surface area contributed by atoms with Crippen molar-refractivity contribution in [2.45, 2.75) is 115 Å². The zero-order chi connectivity index (χ0) is 21.8. The monoisotopic (exact) mass is 428 g/mol. The van der Waals surface area contributed by atoms with Crippen LogP contribution in [0.15, 0.2) is 29.2 Å². The number of hydrogen-bond acceptors (Lipinski definition) is 3. The molecule has 0 aliphatic carbocycles. The van der Waals surface area contributed by atoms with Gasteiger partial charge in [-0.05, 0) is 25.5 Å². The summed E-state index contributed by atoms with van der Waals surface area (Å²) in [4.78, 5) is -0.0666. The van der Waals surface area contributed by atoms with Crippen LogP contribution in [0.3, 0.4) is 0 Å². The summed E-state index contributed by atoms with van der Waals surface area (Å²) >= 11 is 0. The maximum absolute atomic E-state index is 10.5. The minimum atomic E-state index is -4.02. The van der Waals surface area contributed by atoms with Crippen molar-refractivity contribution in [2.75, 3.05) is 6.61 Å². The van der Waals surface area contributed by atoms with Gasteiger partial charge in [0.1, 0.15) is 0 Å². The highest BCUT2D eigenvalue weighted by atomic mass is 32.2. The molecule has 0 atom stereocenters. The summed E-state index contributed by atoms with van der Waals surface area (Å²) < 4.78 is 29.6. The molecule has 0 bridgehead atoms. The molecule has 0 aliphatic heterocycles. The van der Waals surface area contributed by atoms with Gasteiger partial charge in [0.25, 0.3) is 10.1 Å². The van der Waals surface area contributed by atoms with Crippen LogP contribution in [0.5, 0.6) is 0 Å². The second-order valence-electron chi connectivity index (χ2n) is 7.96. The van der Waals surface area contributed by atoms with Gasteiger partial charge in [0, 0.05) is 6.61 Å². The largest absolute Gasteiger partial charge is 0.396 e. The standard InChI is InChI=1S/C17H36O.C7H8O3S/c1-2-3-4-5-6-7-8-9-10-11-12-13-14-15-16-17-18;1-6-2-4-7(5-3-6)11(8,9)10/h18H,2-17H2,1H3;2-5H,1H3,(H,8,9,10). The molecule has 1 aromatic carbocycles. The fraction of sp³-hybridized carbons (Fsp3) is 0.750. The van der Waals surface area contributed by atoms with E-state index < -0.39 is 10.1 Å². The molecule has 0 spiro atoms. The minimum Gasteiger partial charge on any atom is -0.396 e. The van der Waals surface area contributed by atoms with E-state index in [0.29, 0.717) is 6.61 Å². The summed E-state index contributed by atoms with van der Waals surface area (Å²) in [6.45, 7) is 4.50. The van der Waals surface area contributed by atoms with E-state index in [9.17, 15) is 8.42 Å². The van der Waals surface area contributed by atoms with Crippen molar-refractivity contribution in [1.82, 2.24) is 0 Å². The summed E-state index contributed by atoms with van der Waals surface area (Å²) in [6.07, 6.45) is 20.7. The van der Waals surface area contributed by atoms with Gasteiger partial charge < -0.3 is 5.11 Å². The molecule has 0 unspecified atom stereocenters. The number of aliphatic hydroxyl groups excluding tert-OH is 1. The molecule has 29 heavy (non-hydrogen) atoms. The molecule has 0 amide bonds. The van der Waals surface area contributed by atoms with Crippen molar-refractivity contribution in [2.24, 2.45) is 0 Å². The summed E-state index contributed by atoms with van der Waals surface area (Å²) in [5, 5.41) is 8.66. The highest BCUT2D eigenvalue weighted by molar-refractivity contribution is 7.85. The van der Waals surface area contributed by atoms with E-state index in [1.54, 1.807) is 12.1 Å². The summed E-state index contributed by atoms with van der Waals surface area (Å²) in [5.41, 5.74) is 0.956. The molecule has 4 nitrogen and oxygen atoms in total. The average Bonchev–Trinajstić information content (AvgIpc) is 2.68. The van der Waals surface area contributed by atoms with Gasteiger partial charge >= 0.3 is 0 Å². The molecular weight excluding hydrogens is 384 g/mol. The molecule has 0 saturated heterocycles. The molecule has 0 heterocycles. The zero-order valence-electron chi connectivity index (χ0n) is 18.7. The van der Waals surface area contributed by atoms with Crippen LogP contribution < -0.4 is 0 Å². The third-order valence-corrected chi connectivity index (χ3v) is 5.95. The Kier molecular flexibility index (Phi) is 18.5. The van der Waals surface area contributed by atoms with Gasteiger partial charge in [-0.2, -0.15) is 8.42 Å². The number of hydrogen-bond donors (Lipinski definition) is 2. The molecule has 2 N–H and O–H groups in total. The Labute approximate surface area is 179 Å². The van der Waals surface area contributed by atoms with E-state index in [2.05, 4.69) is 6.92 Å². The highest BCUT2D eigenvalue weighted by Crippen LogP contribution is 2.13. The summed E-state index contributed by atoms with van der Waals surface area (Å²) in [7, 11) is -4.02. The molecule has 5 heteroatoms. The first-order chi connectivity index (χ1) is 13.9. The van der Waals surface area contributed by atoms with Crippen LogP contribution in [0.2, 0.25) is 0 Å². The molecular formula is C24H44O4S. The van der Waals surface area contributed by atoms with Crippen molar-refractivity contribution in [3.05, 3.63) is 29.8 Å². The van der Waals surface area contributed by atoms with Crippen molar-refractivity contribution < 1.29 is 18.1 Å². The number of rotatable bonds is 16. The van der Waals surface area contributed by atoms with Crippen LogP contribution >= 0.6 is 0 Å². The molecule has 0 aromatic heterocycles. The van der Waals surface area contributed by atoms with Gasteiger partial charge in [-0.1, -0.05) is 115 Å². The van der Waals surface area contributed by atoms with E-state index >= 15 is 0 Å². The molecule has 0 fully saturated rings. The Morgan fingerprint density at radius 2 is 1.00 bits per heavy atom. The Hall–Kier alpha value is -0.910. The Morgan fingerprint density at radius 3 is 1.31 bits per heavy atom. The third-order valence-electron chi connectivity index (χ3n) is 5.08. The topological polar surface area (TPSA) is 74.6 Å². The summed E-state index contributed by atoms with van der Waals surface area (Å²) in [6, 6.07) is 5.99. The highest BCUT2D eigenvalue weighted by Gasteiger charge is 2.06. The third kappa shape index (κ3) is 18.8. The second kappa shape index (κ2) is 19.1. The lowest BCUT2D eigenvalue weighted by Crippen LogP contribution is -1.96. The van der Waals surface area contributed by atoms with Gasteiger partial charge in [-0.3, -0.25) is 4.55 Å². The van der Waals surface area contributed by atoms with Crippen LogP contribution in [0.4, 0.5) is 0 Å². The maximum Gasteiger partial charge on any atom is 0.294 e. The maximum atomic E-state index is 10.5. The Balaban J connectivity index is 0.000000604. The van der Waals surface area contributed by atoms with Crippen molar-refractivity contribution in [1.29, 1.82) is 0 Å². The number of aryl methyl sites for hydroxylation is 1. The molecule has 0 radical (unpaired) electrons. The molecule has 0 saturated carbocycles. The van der Waals surface area contributed by atoms with Crippen LogP contribution in [-0.2, 0) is 10.1 Å². The predicted octanol–water partition coefficient (Wildman–Crippen LogP) is 7.09. The fourth-order valence-electron chi connectivity index (χ4n) is 3.19. The molecule has 170 valence electrons. The van der Waals surface area contributed by atoms with Crippen LogP contribution in [-0.4, -0.2) is 24.7 Å². The molecule has 0 aliphatic rings. The lowest BCUT2D eigenvalue weighted by Gasteiger charge is -2.02. The van der Waals surface area contributed by atoms with Crippen LogP contribution in [0.25, 0.3) is 0 Å². The molecule has 1 aromatic rings. The van der Waals surface area contributed by atoms with E-state index in [1.165, 1.54) is 102 Å². The predicted molar refractivity (Wildman–Crippen MR) is 123 cm³/mol. The van der Waals surface area contributed by atoms with E-state index in [-0.39, 0.29) is 4.90 Å². The summed E-state index contributed by atoms with van der Waals surface area (Å²) in [5.74, 6) is 0. The lowest BCUT2D eigenvalue weighted by molar-refractivity contribution is 0.282.